The molecule has 5 rings (SSSR count). The molecule has 0 amide bonds. The second-order valence-corrected chi connectivity index (χ2v) is 10.7. The maximum absolute atomic E-state index is 14.7. The molecule has 0 atom stereocenters. The number of likely N-dealkylation sites (tertiary alicyclic amines) is 1. The first-order chi connectivity index (χ1) is 16.2. The van der Waals surface area contributed by atoms with Gasteiger partial charge in [0.25, 0.3) is 5.92 Å². The van der Waals surface area contributed by atoms with Crippen LogP contribution < -0.4 is 0 Å². The van der Waals surface area contributed by atoms with Crippen LogP contribution in [0.3, 0.4) is 0 Å². The third-order valence-electron chi connectivity index (χ3n) is 6.76. The number of halogens is 4. The van der Waals surface area contributed by atoms with Crippen molar-refractivity contribution in [2.45, 2.75) is 44.3 Å². The van der Waals surface area contributed by atoms with E-state index >= 15 is 0 Å². The highest BCUT2D eigenvalue weighted by atomic mass is 35.5. The molecule has 34 heavy (non-hydrogen) atoms. The molecule has 0 bridgehead atoms. The van der Waals surface area contributed by atoms with Crippen LogP contribution in [0.4, 0.5) is 13.2 Å². The van der Waals surface area contributed by atoms with Gasteiger partial charge in [-0.1, -0.05) is 29.8 Å². The number of hydrogen-bond donors (Lipinski definition) is 0. The SMILES string of the molecule is C=CCc1cccc(F)c1-n1cc(CN2CCC3(CC2)OCC(F)(F)c2cc(Cl)sc23)c(C)n1. The van der Waals surface area contributed by atoms with Gasteiger partial charge in [0, 0.05) is 41.8 Å². The van der Waals surface area contributed by atoms with Crippen molar-refractivity contribution in [2.75, 3.05) is 19.7 Å². The van der Waals surface area contributed by atoms with E-state index in [1.807, 2.05) is 19.2 Å². The summed E-state index contributed by atoms with van der Waals surface area (Å²) in [5, 5.41) is 4.58. The second kappa shape index (κ2) is 8.82. The summed E-state index contributed by atoms with van der Waals surface area (Å²) >= 11 is 7.31. The zero-order valence-electron chi connectivity index (χ0n) is 18.8. The quantitative estimate of drug-likeness (QED) is 0.375. The summed E-state index contributed by atoms with van der Waals surface area (Å²) in [6, 6.07) is 6.38. The molecule has 1 saturated heterocycles. The highest BCUT2D eigenvalue weighted by molar-refractivity contribution is 7.16. The van der Waals surface area contributed by atoms with Crippen molar-refractivity contribution in [3.8, 4) is 5.69 Å². The van der Waals surface area contributed by atoms with E-state index in [4.69, 9.17) is 16.3 Å². The monoisotopic (exact) mass is 507 g/mol. The van der Waals surface area contributed by atoms with E-state index in [2.05, 4.69) is 16.6 Å². The number of fused-ring (bicyclic) bond motifs is 2. The van der Waals surface area contributed by atoms with Gasteiger partial charge in [-0.3, -0.25) is 4.90 Å². The Morgan fingerprint density at radius 1 is 1.26 bits per heavy atom. The molecule has 180 valence electrons. The van der Waals surface area contributed by atoms with Crippen molar-refractivity contribution in [1.82, 2.24) is 14.7 Å². The molecular formula is C25H25ClF3N3OS. The van der Waals surface area contributed by atoms with Gasteiger partial charge in [0.05, 0.1) is 10.0 Å². The summed E-state index contributed by atoms with van der Waals surface area (Å²) in [5.74, 6) is -3.34. The molecule has 1 spiro atoms. The van der Waals surface area contributed by atoms with Crippen LogP contribution >= 0.6 is 22.9 Å². The van der Waals surface area contributed by atoms with Crippen molar-refractivity contribution < 1.29 is 17.9 Å². The minimum Gasteiger partial charge on any atom is -0.363 e. The summed E-state index contributed by atoms with van der Waals surface area (Å²) in [6.45, 7) is 7.07. The minimum atomic E-state index is -3.01. The smallest absolute Gasteiger partial charge is 0.297 e. The normalized spacial score (nSPS) is 19.3. The van der Waals surface area contributed by atoms with E-state index in [1.54, 1.807) is 16.8 Å². The molecular weight excluding hydrogens is 483 g/mol. The molecule has 1 aromatic carbocycles. The number of thiophene rings is 1. The number of aromatic nitrogens is 2. The summed E-state index contributed by atoms with van der Waals surface area (Å²) in [7, 11) is 0. The lowest BCUT2D eigenvalue weighted by atomic mass is 9.84. The van der Waals surface area contributed by atoms with Gasteiger partial charge in [-0.25, -0.2) is 9.07 Å². The number of hydrogen-bond acceptors (Lipinski definition) is 4. The van der Waals surface area contributed by atoms with E-state index in [0.29, 0.717) is 53.8 Å². The summed E-state index contributed by atoms with van der Waals surface area (Å²) in [4.78, 5) is 2.82. The Labute approximate surface area is 205 Å². The predicted octanol–water partition coefficient (Wildman–Crippen LogP) is 6.38. The van der Waals surface area contributed by atoms with Crippen LogP contribution in [-0.2, 0) is 29.2 Å². The second-order valence-electron chi connectivity index (χ2n) is 8.98. The van der Waals surface area contributed by atoms with E-state index < -0.39 is 18.1 Å². The fraction of sp³-hybridized carbons (Fsp3) is 0.400. The Morgan fingerprint density at radius 3 is 2.76 bits per heavy atom. The van der Waals surface area contributed by atoms with Crippen molar-refractivity contribution in [3.05, 3.63) is 80.5 Å². The lowest BCUT2D eigenvalue weighted by Crippen LogP contribution is -2.48. The topological polar surface area (TPSA) is 30.3 Å². The Hall–Kier alpha value is -2.13. The van der Waals surface area contributed by atoms with Gasteiger partial charge in [-0.05, 0) is 43.9 Å². The largest absolute Gasteiger partial charge is 0.363 e. The molecule has 2 aromatic heterocycles. The molecule has 4 nitrogen and oxygen atoms in total. The number of piperidine rings is 1. The lowest BCUT2D eigenvalue weighted by molar-refractivity contribution is -0.182. The fourth-order valence-electron chi connectivity index (χ4n) is 4.93. The standard InChI is InChI=1S/C25H25ClF3N3OS/c1-3-5-17-6-4-7-20(27)22(17)32-14-18(16(2)30-32)13-31-10-8-24(9-11-31)23-19(12-21(26)34-23)25(28,29)15-33-24/h3-4,6-7,12,14H,1,5,8-11,13,15H2,2H3. The third-order valence-corrected chi connectivity index (χ3v) is 8.21. The molecule has 2 aliphatic heterocycles. The zero-order chi connectivity index (χ0) is 24.1. The van der Waals surface area contributed by atoms with Crippen LogP contribution in [0, 0.1) is 12.7 Å². The number of alkyl halides is 2. The molecule has 0 N–H and O–H groups in total. The van der Waals surface area contributed by atoms with Gasteiger partial charge < -0.3 is 4.74 Å². The van der Waals surface area contributed by atoms with Gasteiger partial charge >= 0.3 is 0 Å². The lowest BCUT2D eigenvalue weighted by Gasteiger charge is -2.45. The first-order valence-electron chi connectivity index (χ1n) is 11.2. The van der Waals surface area contributed by atoms with E-state index in [9.17, 15) is 13.2 Å². The maximum Gasteiger partial charge on any atom is 0.297 e. The number of nitrogens with zero attached hydrogens (tertiary/aromatic N) is 3. The fourth-order valence-corrected chi connectivity index (χ4v) is 6.41. The van der Waals surface area contributed by atoms with Gasteiger partial charge in [0.15, 0.2) is 0 Å². The van der Waals surface area contributed by atoms with Crippen LogP contribution in [0.5, 0.6) is 0 Å². The summed E-state index contributed by atoms with van der Waals surface area (Å²) in [5.41, 5.74) is 2.39. The third kappa shape index (κ3) is 4.11. The Bertz CT molecular complexity index is 1230. The van der Waals surface area contributed by atoms with E-state index in [1.165, 1.54) is 23.5 Å². The molecule has 4 heterocycles. The maximum atomic E-state index is 14.7. The van der Waals surface area contributed by atoms with Gasteiger partial charge in [0.1, 0.15) is 23.7 Å². The Balaban J connectivity index is 1.33. The number of rotatable bonds is 5. The minimum absolute atomic E-state index is 0.0135. The first kappa shape index (κ1) is 23.6. The summed E-state index contributed by atoms with van der Waals surface area (Å²) < 4.78 is 51.2. The van der Waals surface area contributed by atoms with Crippen LogP contribution in [0.25, 0.3) is 5.69 Å². The number of ether oxygens (including phenoxy) is 1. The van der Waals surface area contributed by atoms with Crippen LogP contribution in [-0.4, -0.2) is 34.4 Å². The molecule has 0 saturated carbocycles. The van der Waals surface area contributed by atoms with Crippen molar-refractivity contribution in [3.63, 3.8) is 0 Å². The van der Waals surface area contributed by atoms with Crippen LogP contribution in [0.15, 0.2) is 43.1 Å². The highest BCUT2D eigenvalue weighted by Crippen LogP contribution is 2.52. The van der Waals surface area contributed by atoms with Gasteiger partial charge in [-0.15, -0.1) is 17.9 Å². The van der Waals surface area contributed by atoms with Crippen molar-refractivity contribution in [1.29, 1.82) is 0 Å². The number of aryl methyl sites for hydroxylation is 1. The first-order valence-corrected chi connectivity index (χ1v) is 12.4. The van der Waals surface area contributed by atoms with Gasteiger partial charge in [-0.2, -0.15) is 13.9 Å². The van der Waals surface area contributed by atoms with Crippen LogP contribution in [0.2, 0.25) is 4.34 Å². The van der Waals surface area contributed by atoms with Gasteiger partial charge in [0.2, 0.25) is 0 Å². The Morgan fingerprint density at radius 2 is 2.03 bits per heavy atom. The Kier molecular flexibility index (Phi) is 6.13. The molecule has 1 fully saturated rings. The average Bonchev–Trinajstić information content (AvgIpc) is 3.37. The number of benzene rings is 1. The predicted molar refractivity (Wildman–Crippen MR) is 128 cm³/mol. The molecule has 2 aliphatic rings. The molecule has 0 radical (unpaired) electrons. The highest BCUT2D eigenvalue weighted by Gasteiger charge is 2.51. The zero-order valence-corrected chi connectivity index (χ0v) is 20.4. The molecule has 0 aliphatic carbocycles. The van der Waals surface area contributed by atoms with Crippen molar-refractivity contribution in [2.24, 2.45) is 0 Å². The molecule has 0 unspecified atom stereocenters. The summed E-state index contributed by atoms with van der Waals surface area (Å²) in [6.07, 6.45) is 5.38. The van der Waals surface area contributed by atoms with E-state index in [-0.39, 0.29) is 11.4 Å². The molecule has 9 heteroatoms. The number of allylic oxidation sites excluding steroid dienone is 1. The van der Waals surface area contributed by atoms with Crippen LogP contribution in [0.1, 0.15) is 40.1 Å². The average molecular weight is 508 g/mol. The number of para-hydroxylation sites is 1. The van der Waals surface area contributed by atoms with Crippen molar-refractivity contribution >= 4 is 22.9 Å². The molecule has 3 aromatic rings. The van der Waals surface area contributed by atoms with E-state index in [0.717, 1.165) is 16.8 Å².